The zero-order valence-corrected chi connectivity index (χ0v) is 13.9. The van der Waals surface area contributed by atoms with Crippen LogP contribution in [0.1, 0.15) is 23.6 Å². The van der Waals surface area contributed by atoms with E-state index in [9.17, 15) is 5.11 Å². The van der Waals surface area contributed by atoms with Crippen LogP contribution in [0.5, 0.6) is 5.75 Å². The second kappa shape index (κ2) is 5.76. The Morgan fingerprint density at radius 2 is 1.75 bits per heavy atom. The van der Waals surface area contributed by atoms with Gasteiger partial charge < -0.3 is 9.84 Å². The standard InChI is InChI=1S/C16H16BrClO2/c1-10-8-11(5-7-15(10)20-3)16(2,19)12-4-6-14(18)13(17)9-12/h4-9,19H,1-3H3. The van der Waals surface area contributed by atoms with Gasteiger partial charge in [-0.15, -0.1) is 0 Å². The van der Waals surface area contributed by atoms with Crippen molar-refractivity contribution in [1.29, 1.82) is 0 Å². The number of halogens is 2. The van der Waals surface area contributed by atoms with Crippen molar-refractivity contribution < 1.29 is 9.84 Å². The molecule has 0 heterocycles. The maximum Gasteiger partial charge on any atom is 0.121 e. The van der Waals surface area contributed by atoms with Gasteiger partial charge in [-0.2, -0.15) is 0 Å². The maximum absolute atomic E-state index is 10.9. The average Bonchev–Trinajstić information content (AvgIpc) is 2.41. The topological polar surface area (TPSA) is 29.5 Å². The molecule has 0 amide bonds. The van der Waals surface area contributed by atoms with E-state index in [1.807, 2.05) is 37.3 Å². The van der Waals surface area contributed by atoms with Crippen molar-refractivity contribution >= 4 is 27.5 Å². The normalized spacial score (nSPS) is 13.9. The van der Waals surface area contributed by atoms with E-state index in [0.717, 1.165) is 26.9 Å². The average molecular weight is 356 g/mol. The summed E-state index contributed by atoms with van der Waals surface area (Å²) in [7, 11) is 1.64. The van der Waals surface area contributed by atoms with Crippen molar-refractivity contribution in [1.82, 2.24) is 0 Å². The quantitative estimate of drug-likeness (QED) is 0.866. The highest BCUT2D eigenvalue weighted by Gasteiger charge is 2.26. The van der Waals surface area contributed by atoms with Crippen molar-refractivity contribution in [2.75, 3.05) is 7.11 Å². The zero-order chi connectivity index (χ0) is 14.9. The SMILES string of the molecule is COc1ccc(C(C)(O)c2ccc(Cl)c(Br)c2)cc1C. The number of aryl methyl sites for hydroxylation is 1. The van der Waals surface area contributed by atoms with Gasteiger partial charge in [-0.1, -0.05) is 23.7 Å². The molecule has 0 aromatic heterocycles. The molecule has 2 aromatic carbocycles. The second-order valence-electron chi connectivity index (χ2n) is 4.89. The molecule has 106 valence electrons. The van der Waals surface area contributed by atoms with Gasteiger partial charge in [0.05, 0.1) is 12.1 Å². The summed E-state index contributed by atoms with van der Waals surface area (Å²) in [6.45, 7) is 3.72. The molecule has 2 nitrogen and oxygen atoms in total. The lowest BCUT2D eigenvalue weighted by Crippen LogP contribution is -2.23. The smallest absolute Gasteiger partial charge is 0.121 e. The summed E-state index contributed by atoms with van der Waals surface area (Å²) in [4.78, 5) is 0. The number of rotatable bonds is 3. The first-order chi connectivity index (χ1) is 9.36. The number of ether oxygens (including phenoxy) is 1. The Labute approximate surface area is 132 Å². The minimum Gasteiger partial charge on any atom is -0.496 e. The van der Waals surface area contributed by atoms with Gasteiger partial charge in [0.15, 0.2) is 0 Å². The summed E-state index contributed by atoms with van der Waals surface area (Å²) < 4.78 is 6.01. The van der Waals surface area contributed by atoms with Gasteiger partial charge in [0.25, 0.3) is 0 Å². The van der Waals surface area contributed by atoms with Crippen molar-refractivity contribution in [3.63, 3.8) is 0 Å². The summed E-state index contributed by atoms with van der Waals surface area (Å²) in [6, 6.07) is 11.1. The van der Waals surface area contributed by atoms with E-state index in [-0.39, 0.29) is 0 Å². The lowest BCUT2D eigenvalue weighted by molar-refractivity contribution is 0.102. The number of benzene rings is 2. The fraction of sp³-hybridized carbons (Fsp3) is 0.250. The number of hydrogen-bond acceptors (Lipinski definition) is 2. The molecule has 0 bridgehead atoms. The molecule has 0 spiro atoms. The van der Waals surface area contributed by atoms with E-state index in [2.05, 4.69) is 15.9 Å². The van der Waals surface area contributed by atoms with E-state index in [4.69, 9.17) is 16.3 Å². The predicted octanol–water partition coefficient (Wildman–Crippen LogP) is 4.68. The molecule has 1 N–H and O–H groups in total. The van der Waals surface area contributed by atoms with E-state index in [0.29, 0.717) is 5.02 Å². The Morgan fingerprint density at radius 1 is 1.15 bits per heavy atom. The van der Waals surface area contributed by atoms with E-state index in [1.165, 1.54) is 0 Å². The maximum atomic E-state index is 10.9. The van der Waals surface area contributed by atoms with Crippen molar-refractivity contribution in [3.8, 4) is 5.75 Å². The summed E-state index contributed by atoms with van der Waals surface area (Å²) >= 11 is 9.38. The van der Waals surface area contributed by atoms with Crippen LogP contribution in [0, 0.1) is 6.92 Å². The molecule has 0 aliphatic heterocycles. The van der Waals surface area contributed by atoms with Crippen molar-refractivity contribution in [2.45, 2.75) is 19.4 Å². The van der Waals surface area contributed by atoms with Gasteiger partial charge in [-0.25, -0.2) is 0 Å². The lowest BCUT2D eigenvalue weighted by Gasteiger charge is -2.25. The molecule has 0 aliphatic carbocycles. The number of aliphatic hydroxyl groups is 1. The lowest BCUT2D eigenvalue weighted by atomic mass is 9.87. The third kappa shape index (κ3) is 2.85. The molecule has 2 rings (SSSR count). The van der Waals surface area contributed by atoms with Crippen LogP contribution < -0.4 is 4.74 Å². The Hall–Kier alpha value is -1.03. The Balaban J connectivity index is 2.48. The molecule has 0 saturated heterocycles. The molecule has 0 aliphatic rings. The van der Waals surface area contributed by atoms with Crippen molar-refractivity contribution in [3.05, 3.63) is 62.6 Å². The zero-order valence-electron chi connectivity index (χ0n) is 11.6. The first-order valence-corrected chi connectivity index (χ1v) is 7.36. The number of hydrogen-bond donors (Lipinski definition) is 1. The number of methoxy groups -OCH3 is 1. The molecule has 2 aromatic rings. The van der Waals surface area contributed by atoms with Gasteiger partial charge in [0.1, 0.15) is 11.4 Å². The Kier molecular flexibility index (Phi) is 4.43. The summed E-state index contributed by atoms with van der Waals surface area (Å²) in [5.74, 6) is 0.807. The molecular formula is C16H16BrClO2. The van der Waals surface area contributed by atoms with Crippen LogP contribution in [-0.2, 0) is 5.60 Å². The van der Waals surface area contributed by atoms with Crippen LogP contribution in [0.3, 0.4) is 0 Å². The molecule has 1 unspecified atom stereocenters. The first-order valence-electron chi connectivity index (χ1n) is 6.19. The van der Waals surface area contributed by atoms with E-state index >= 15 is 0 Å². The molecule has 1 atom stereocenters. The minimum absolute atomic E-state index is 0.621. The van der Waals surface area contributed by atoms with Gasteiger partial charge >= 0.3 is 0 Å². The summed E-state index contributed by atoms with van der Waals surface area (Å²) in [6.07, 6.45) is 0. The summed E-state index contributed by atoms with van der Waals surface area (Å²) in [5.41, 5.74) is 1.48. The Bertz CT molecular complexity index is 638. The van der Waals surface area contributed by atoms with E-state index in [1.54, 1.807) is 20.1 Å². The van der Waals surface area contributed by atoms with Crippen molar-refractivity contribution in [2.24, 2.45) is 0 Å². The highest BCUT2D eigenvalue weighted by molar-refractivity contribution is 9.10. The summed E-state index contributed by atoms with van der Waals surface area (Å²) in [5, 5.41) is 11.5. The highest BCUT2D eigenvalue weighted by Crippen LogP contribution is 2.34. The highest BCUT2D eigenvalue weighted by atomic mass is 79.9. The molecular weight excluding hydrogens is 340 g/mol. The van der Waals surface area contributed by atoms with E-state index < -0.39 is 5.60 Å². The van der Waals surface area contributed by atoms with Gasteiger partial charge in [-0.05, 0) is 70.7 Å². The molecule has 4 heteroatoms. The van der Waals surface area contributed by atoms with Crippen LogP contribution in [0.2, 0.25) is 5.02 Å². The third-order valence-electron chi connectivity index (χ3n) is 3.44. The van der Waals surface area contributed by atoms with Gasteiger partial charge in [0, 0.05) is 4.47 Å². The minimum atomic E-state index is -1.09. The van der Waals surface area contributed by atoms with Crippen LogP contribution >= 0.6 is 27.5 Å². The van der Waals surface area contributed by atoms with Crippen LogP contribution in [-0.4, -0.2) is 12.2 Å². The fourth-order valence-corrected chi connectivity index (χ4v) is 2.64. The van der Waals surface area contributed by atoms with Crippen LogP contribution in [0.25, 0.3) is 0 Å². The monoisotopic (exact) mass is 354 g/mol. The first kappa shape index (κ1) is 15.4. The molecule has 20 heavy (non-hydrogen) atoms. The molecule has 0 fully saturated rings. The largest absolute Gasteiger partial charge is 0.496 e. The van der Waals surface area contributed by atoms with Crippen LogP contribution in [0.4, 0.5) is 0 Å². The molecule has 0 radical (unpaired) electrons. The van der Waals surface area contributed by atoms with Gasteiger partial charge in [0.2, 0.25) is 0 Å². The second-order valence-corrected chi connectivity index (χ2v) is 6.15. The van der Waals surface area contributed by atoms with Crippen LogP contribution in [0.15, 0.2) is 40.9 Å². The van der Waals surface area contributed by atoms with Gasteiger partial charge in [-0.3, -0.25) is 0 Å². The fourth-order valence-electron chi connectivity index (χ4n) is 2.15. The third-order valence-corrected chi connectivity index (χ3v) is 4.65. The predicted molar refractivity (Wildman–Crippen MR) is 85.6 cm³/mol. The molecule has 0 saturated carbocycles. The Morgan fingerprint density at radius 3 is 2.30 bits per heavy atom.